The average Bonchev–Trinajstić information content (AvgIpc) is 2.88. The summed E-state index contributed by atoms with van der Waals surface area (Å²) in [5.41, 5.74) is -0.647. The molecular formula is C12H10F3N3O2. The fourth-order valence-corrected chi connectivity index (χ4v) is 1.50. The van der Waals surface area contributed by atoms with E-state index in [9.17, 15) is 18.0 Å². The van der Waals surface area contributed by atoms with E-state index in [-0.39, 0.29) is 18.1 Å². The molecule has 1 aromatic heterocycles. The molecule has 0 unspecified atom stereocenters. The van der Waals surface area contributed by atoms with Crippen LogP contribution in [0, 0.1) is 0 Å². The lowest BCUT2D eigenvalue weighted by Gasteiger charge is -2.08. The molecule has 0 saturated heterocycles. The lowest BCUT2D eigenvalue weighted by Crippen LogP contribution is -2.08. The van der Waals surface area contributed by atoms with Crippen LogP contribution in [0.2, 0.25) is 0 Å². The van der Waals surface area contributed by atoms with Gasteiger partial charge in [-0.05, 0) is 25.1 Å². The van der Waals surface area contributed by atoms with Crippen LogP contribution in [-0.4, -0.2) is 27.3 Å². The van der Waals surface area contributed by atoms with Gasteiger partial charge in [-0.25, -0.2) is 14.5 Å². The van der Waals surface area contributed by atoms with Gasteiger partial charge in [0.25, 0.3) is 5.82 Å². The molecule has 2 rings (SSSR count). The number of halogens is 3. The Kier molecular flexibility index (Phi) is 3.73. The van der Waals surface area contributed by atoms with E-state index in [0.29, 0.717) is 0 Å². The fraction of sp³-hybridized carbons (Fsp3) is 0.250. The molecule has 20 heavy (non-hydrogen) atoms. The van der Waals surface area contributed by atoms with Gasteiger partial charge in [-0.2, -0.15) is 13.2 Å². The van der Waals surface area contributed by atoms with Crippen LogP contribution in [0.5, 0.6) is 0 Å². The Bertz CT molecular complexity index is 622. The maximum absolute atomic E-state index is 12.6. The van der Waals surface area contributed by atoms with Crippen LogP contribution < -0.4 is 0 Å². The first-order valence-corrected chi connectivity index (χ1v) is 5.68. The highest BCUT2D eigenvalue weighted by Crippen LogP contribution is 2.30. The monoisotopic (exact) mass is 285 g/mol. The van der Waals surface area contributed by atoms with Crippen LogP contribution in [0.15, 0.2) is 30.6 Å². The Morgan fingerprint density at radius 2 is 2.15 bits per heavy atom. The predicted molar refractivity (Wildman–Crippen MR) is 62.3 cm³/mol. The second-order valence-electron chi connectivity index (χ2n) is 3.78. The number of alkyl halides is 3. The zero-order valence-corrected chi connectivity index (χ0v) is 10.4. The lowest BCUT2D eigenvalue weighted by atomic mass is 10.2. The largest absolute Gasteiger partial charge is 0.460 e. The first kappa shape index (κ1) is 14.0. The lowest BCUT2D eigenvalue weighted by molar-refractivity contribution is -0.137. The van der Waals surface area contributed by atoms with E-state index in [0.717, 1.165) is 23.1 Å². The van der Waals surface area contributed by atoms with Gasteiger partial charge >= 0.3 is 12.1 Å². The molecule has 0 aliphatic rings. The van der Waals surface area contributed by atoms with E-state index in [1.165, 1.54) is 12.1 Å². The molecule has 0 saturated carbocycles. The van der Waals surface area contributed by atoms with Crippen LogP contribution in [0.4, 0.5) is 13.2 Å². The number of carbonyl (C=O) groups is 1. The number of aromatic nitrogens is 3. The van der Waals surface area contributed by atoms with Gasteiger partial charge in [-0.3, -0.25) is 0 Å². The van der Waals surface area contributed by atoms with Crippen molar-refractivity contribution in [3.63, 3.8) is 0 Å². The molecule has 0 amide bonds. The van der Waals surface area contributed by atoms with Crippen molar-refractivity contribution in [2.75, 3.05) is 6.61 Å². The Morgan fingerprint density at radius 3 is 2.80 bits per heavy atom. The summed E-state index contributed by atoms with van der Waals surface area (Å²) < 4.78 is 43.6. The second kappa shape index (κ2) is 5.32. The van der Waals surface area contributed by atoms with E-state index in [4.69, 9.17) is 4.74 Å². The summed E-state index contributed by atoms with van der Waals surface area (Å²) >= 11 is 0. The summed E-state index contributed by atoms with van der Waals surface area (Å²) in [4.78, 5) is 15.1. The number of benzene rings is 1. The van der Waals surface area contributed by atoms with Gasteiger partial charge in [0, 0.05) is 0 Å². The van der Waals surface area contributed by atoms with Gasteiger partial charge in [0.1, 0.15) is 6.33 Å². The third-order valence-corrected chi connectivity index (χ3v) is 2.39. The Balaban J connectivity index is 2.31. The number of hydrogen-bond donors (Lipinski definition) is 0. The van der Waals surface area contributed by atoms with Gasteiger partial charge in [-0.1, -0.05) is 6.07 Å². The van der Waals surface area contributed by atoms with Crippen LogP contribution in [-0.2, 0) is 10.9 Å². The third-order valence-electron chi connectivity index (χ3n) is 2.39. The summed E-state index contributed by atoms with van der Waals surface area (Å²) in [5.74, 6) is -0.928. The first-order valence-electron chi connectivity index (χ1n) is 5.68. The number of hydrogen-bond acceptors (Lipinski definition) is 4. The maximum Gasteiger partial charge on any atom is 0.416 e. The molecule has 2 aromatic rings. The summed E-state index contributed by atoms with van der Waals surface area (Å²) in [6.45, 7) is 1.79. The molecule has 0 aliphatic heterocycles. The van der Waals surface area contributed by atoms with Crippen LogP contribution in [0.1, 0.15) is 23.1 Å². The average molecular weight is 285 g/mol. The molecule has 0 aliphatic carbocycles. The predicted octanol–water partition coefficient (Wildman–Crippen LogP) is 2.46. The van der Waals surface area contributed by atoms with Crippen molar-refractivity contribution in [1.82, 2.24) is 14.8 Å². The smallest absolute Gasteiger partial charge is 0.416 e. The van der Waals surface area contributed by atoms with Crippen molar-refractivity contribution in [2.24, 2.45) is 0 Å². The van der Waals surface area contributed by atoms with Crippen LogP contribution in [0.3, 0.4) is 0 Å². The maximum atomic E-state index is 12.6. The Labute approximate surface area is 112 Å². The van der Waals surface area contributed by atoms with Crippen LogP contribution in [0.25, 0.3) is 5.69 Å². The van der Waals surface area contributed by atoms with Gasteiger partial charge < -0.3 is 4.74 Å². The quantitative estimate of drug-likeness (QED) is 0.813. The Morgan fingerprint density at radius 1 is 1.40 bits per heavy atom. The van der Waals surface area contributed by atoms with E-state index in [2.05, 4.69) is 10.1 Å². The molecule has 1 heterocycles. The van der Waals surface area contributed by atoms with Crippen molar-refractivity contribution in [3.05, 3.63) is 42.0 Å². The minimum absolute atomic E-state index is 0.155. The molecule has 106 valence electrons. The molecule has 0 fully saturated rings. The van der Waals surface area contributed by atoms with E-state index in [1.807, 2.05) is 0 Å². The molecule has 0 atom stereocenters. The van der Waals surface area contributed by atoms with Gasteiger partial charge in [0.2, 0.25) is 0 Å². The normalized spacial score (nSPS) is 11.4. The van der Waals surface area contributed by atoms with Gasteiger partial charge in [-0.15, -0.1) is 5.10 Å². The second-order valence-corrected chi connectivity index (χ2v) is 3.78. The molecule has 0 spiro atoms. The molecule has 0 N–H and O–H groups in total. The minimum Gasteiger partial charge on any atom is -0.460 e. The highest BCUT2D eigenvalue weighted by Gasteiger charge is 2.30. The van der Waals surface area contributed by atoms with E-state index < -0.39 is 17.7 Å². The zero-order valence-electron chi connectivity index (χ0n) is 10.4. The summed E-state index contributed by atoms with van der Waals surface area (Å²) in [6, 6.07) is 4.55. The molecule has 0 radical (unpaired) electrons. The standard InChI is InChI=1S/C12H10F3N3O2/c1-2-20-11(19)10-16-7-18(17-10)9-5-3-4-8(6-9)12(13,14)15/h3-7H,2H2,1H3. The highest BCUT2D eigenvalue weighted by atomic mass is 19.4. The summed E-state index contributed by atoms with van der Waals surface area (Å²) in [7, 11) is 0. The number of esters is 1. The number of rotatable bonds is 3. The molecule has 1 aromatic carbocycles. The molecule has 8 heteroatoms. The molecule has 0 bridgehead atoms. The van der Waals surface area contributed by atoms with Gasteiger partial charge in [0.05, 0.1) is 17.9 Å². The van der Waals surface area contributed by atoms with E-state index >= 15 is 0 Å². The molecular weight excluding hydrogens is 275 g/mol. The third kappa shape index (κ3) is 2.95. The van der Waals surface area contributed by atoms with Crippen molar-refractivity contribution in [3.8, 4) is 5.69 Å². The minimum atomic E-state index is -4.44. The summed E-state index contributed by atoms with van der Waals surface area (Å²) in [6.07, 6.45) is -3.29. The first-order chi connectivity index (χ1) is 9.41. The SMILES string of the molecule is CCOC(=O)c1ncn(-c2cccc(C(F)(F)F)c2)n1. The van der Waals surface area contributed by atoms with Crippen molar-refractivity contribution >= 4 is 5.97 Å². The summed E-state index contributed by atoms with van der Waals surface area (Å²) in [5, 5.41) is 3.79. The van der Waals surface area contributed by atoms with Gasteiger partial charge in [0.15, 0.2) is 0 Å². The van der Waals surface area contributed by atoms with Crippen molar-refractivity contribution in [2.45, 2.75) is 13.1 Å². The topological polar surface area (TPSA) is 57.0 Å². The number of carbonyl (C=O) groups excluding carboxylic acids is 1. The zero-order chi connectivity index (χ0) is 14.8. The van der Waals surface area contributed by atoms with Crippen molar-refractivity contribution < 1.29 is 22.7 Å². The van der Waals surface area contributed by atoms with E-state index in [1.54, 1.807) is 6.92 Å². The highest BCUT2D eigenvalue weighted by molar-refractivity contribution is 5.84. The number of nitrogens with zero attached hydrogens (tertiary/aromatic N) is 3. The Hall–Kier alpha value is -2.38. The van der Waals surface area contributed by atoms with Crippen molar-refractivity contribution in [1.29, 1.82) is 0 Å². The number of ether oxygens (including phenoxy) is 1. The van der Waals surface area contributed by atoms with Crippen LogP contribution >= 0.6 is 0 Å². The molecule has 5 nitrogen and oxygen atoms in total. The fourth-order valence-electron chi connectivity index (χ4n) is 1.50.